The smallest absolute Gasteiger partial charge is 0.297 e. The van der Waals surface area contributed by atoms with Crippen LogP contribution < -0.4 is 9.47 Å². The van der Waals surface area contributed by atoms with E-state index in [2.05, 4.69) is 0 Å². The van der Waals surface area contributed by atoms with Gasteiger partial charge in [-0.1, -0.05) is 54.1 Å². The molecule has 0 saturated heterocycles. The number of alkyl halides is 2. The van der Waals surface area contributed by atoms with Gasteiger partial charge >= 0.3 is 0 Å². The molecule has 0 unspecified atom stereocenters. The molecule has 0 aliphatic carbocycles. The molecule has 16 nitrogen and oxygen atoms in total. The van der Waals surface area contributed by atoms with Crippen LogP contribution in [0.3, 0.4) is 0 Å². The van der Waals surface area contributed by atoms with Gasteiger partial charge in [-0.2, -0.15) is 8.42 Å². The van der Waals surface area contributed by atoms with Crippen molar-refractivity contribution in [3.8, 4) is 11.5 Å². The summed E-state index contributed by atoms with van der Waals surface area (Å²) in [7, 11) is -11.5. The molecule has 5 aromatic rings. The number of halogens is 2. The molecule has 5 rings (SSSR count). The summed E-state index contributed by atoms with van der Waals surface area (Å²) in [6.07, 6.45) is 0. The number of benzene rings is 5. The third-order valence-electron chi connectivity index (χ3n) is 7.65. The maximum Gasteiger partial charge on any atom is 0.297 e. The van der Waals surface area contributed by atoms with E-state index in [0.717, 1.165) is 11.6 Å². The molecule has 1 N–H and O–H groups in total. The average molecular weight is 914 g/mol. The summed E-state index contributed by atoms with van der Waals surface area (Å²) in [5, 5.41) is 31.4. The van der Waals surface area contributed by atoms with E-state index in [-0.39, 0.29) is 80.5 Å². The molecule has 0 aromatic heterocycles. The lowest BCUT2D eigenvalue weighted by Gasteiger charge is -2.10. The lowest BCUT2D eigenvalue weighted by Crippen LogP contribution is -2.13. The monoisotopic (exact) mass is 912 g/mol. The molecule has 0 aliphatic rings. The number of hydrogen-bond donors (Lipinski definition) is 1. The first-order valence-corrected chi connectivity index (χ1v) is 22.8. The SMILES string of the molecule is Cc1ccc(S(=O)(=O)OCCOc2ccc([N+](=O)[O-])c(CS(=O)(=O)c3ccccc3)c2)cc1.ClCCl.O=[N+]([O-])c1ccc(OCCO)cc1CS(=O)(=O)c1ccccc1. The van der Waals surface area contributed by atoms with Gasteiger partial charge in [0, 0.05) is 23.3 Å². The molecule has 0 atom stereocenters. The van der Waals surface area contributed by atoms with Crippen molar-refractivity contribution >= 4 is 64.4 Å². The highest BCUT2D eigenvalue weighted by atomic mass is 35.5. The van der Waals surface area contributed by atoms with Gasteiger partial charge in [0.2, 0.25) is 0 Å². The van der Waals surface area contributed by atoms with E-state index >= 15 is 0 Å². The van der Waals surface area contributed by atoms with Crippen LogP contribution in [0.2, 0.25) is 0 Å². The fraction of sp³-hybridized carbons (Fsp3) is 0.211. The Morgan fingerprint density at radius 3 is 1.37 bits per heavy atom. The number of hydrogen-bond acceptors (Lipinski definition) is 14. The van der Waals surface area contributed by atoms with Crippen molar-refractivity contribution < 1.29 is 53.9 Å². The fourth-order valence-corrected chi connectivity index (χ4v) is 8.61. The van der Waals surface area contributed by atoms with E-state index in [9.17, 15) is 45.5 Å². The molecular weight excluding hydrogens is 876 g/mol. The van der Waals surface area contributed by atoms with Crippen LogP contribution in [0, 0.1) is 27.2 Å². The van der Waals surface area contributed by atoms with Gasteiger partial charge in [0.15, 0.2) is 19.7 Å². The normalized spacial score (nSPS) is 11.3. The number of aliphatic hydroxyl groups excluding tert-OH is 1. The summed E-state index contributed by atoms with van der Waals surface area (Å²) < 4.78 is 90.1. The first-order chi connectivity index (χ1) is 27.9. The van der Waals surface area contributed by atoms with Crippen LogP contribution in [0.5, 0.6) is 11.5 Å². The Morgan fingerprint density at radius 2 is 0.983 bits per heavy atom. The van der Waals surface area contributed by atoms with E-state index in [4.69, 9.17) is 42.0 Å². The number of sulfone groups is 2. The van der Waals surface area contributed by atoms with Gasteiger partial charge in [0.25, 0.3) is 21.5 Å². The quantitative estimate of drug-likeness (QED) is 0.0324. The Hall–Kier alpha value is -5.15. The number of rotatable bonds is 17. The maximum absolute atomic E-state index is 12.7. The van der Waals surface area contributed by atoms with Crippen LogP contribution in [0.1, 0.15) is 16.7 Å². The van der Waals surface area contributed by atoms with Crippen LogP contribution in [0.4, 0.5) is 11.4 Å². The second kappa shape index (κ2) is 22.9. The zero-order valence-electron chi connectivity index (χ0n) is 31.1. The van der Waals surface area contributed by atoms with Crippen molar-refractivity contribution in [1.82, 2.24) is 0 Å². The molecule has 5 aromatic carbocycles. The average Bonchev–Trinajstić information content (AvgIpc) is 3.20. The molecule has 0 bridgehead atoms. The summed E-state index contributed by atoms with van der Waals surface area (Å²) in [5.41, 5.74) is 0.241. The van der Waals surface area contributed by atoms with Crippen molar-refractivity contribution in [3.63, 3.8) is 0 Å². The van der Waals surface area contributed by atoms with Crippen LogP contribution in [-0.4, -0.2) is 72.0 Å². The highest BCUT2D eigenvalue weighted by molar-refractivity contribution is 7.91. The first kappa shape index (κ1) is 48.2. The Kier molecular flexibility index (Phi) is 18.7. The van der Waals surface area contributed by atoms with Gasteiger partial charge in [-0.05, 0) is 67.6 Å². The minimum absolute atomic E-state index is 0.0110. The van der Waals surface area contributed by atoms with E-state index in [1.807, 2.05) is 6.92 Å². The molecule has 316 valence electrons. The summed E-state index contributed by atoms with van der Waals surface area (Å²) in [6, 6.07) is 29.1. The van der Waals surface area contributed by atoms with Crippen molar-refractivity contribution in [2.75, 3.05) is 31.8 Å². The minimum Gasteiger partial charge on any atom is -0.491 e. The first-order valence-electron chi connectivity index (χ1n) is 17.0. The van der Waals surface area contributed by atoms with E-state index in [1.54, 1.807) is 48.5 Å². The number of aliphatic hydroxyl groups is 1. The van der Waals surface area contributed by atoms with Crippen molar-refractivity contribution in [3.05, 3.63) is 158 Å². The molecule has 0 aliphatic heterocycles. The van der Waals surface area contributed by atoms with Gasteiger partial charge in [-0.25, -0.2) is 16.8 Å². The molecule has 0 saturated carbocycles. The summed E-state index contributed by atoms with van der Waals surface area (Å²) in [4.78, 5) is 21.3. The maximum atomic E-state index is 12.7. The Labute approximate surface area is 351 Å². The van der Waals surface area contributed by atoms with Gasteiger partial charge < -0.3 is 14.6 Å². The molecule has 0 amide bonds. The Balaban J connectivity index is 0.000000312. The second-order valence-corrected chi connectivity index (χ2v) is 18.3. The van der Waals surface area contributed by atoms with Crippen LogP contribution >= 0.6 is 23.2 Å². The van der Waals surface area contributed by atoms with E-state index < -0.39 is 51.1 Å². The molecule has 59 heavy (non-hydrogen) atoms. The third kappa shape index (κ3) is 15.2. The highest BCUT2D eigenvalue weighted by Gasteiger charge is 2.24. The Morgan fingerprint density at radius 1 is 0.576 bits per heavy atom. The molecule has 21 heteroatoms. The zero-order chi connectivity index (χ0) is 43.6. The number of nitro groups is 2. The standard InChI is InChI=1S/C22H21NO8S2.C15H15NO6S.CH2Cl2/c1-17-7-10-21(11-8-17)33(28,29)31-14-13-30-19-9-12-22(23(24)25)18(15-19)16-32(26,27)20-5-3-2-4-6-20;17-8-9-22-13-6-7-15(16(18)19)12(10-13)11-23(20,21)14-4-2-1-3-5-14;2-1-3/h2-12,15H,13-14,16H2,1H3;1-7,10,17H,8-9,11H2;1H2. The fourth-order valence-electron chi connectivity index (χ4n) is 4.96. The predicted molar refractivity (Wildman–Crippen MR) is 220 cm³/mol. The Bertz CT molecular complexity index is 2490. The van der Waals surface area contributed by atoms with Gasteiger partial charge in [0.1, 0.15) is 31.3 Å². The molecule has 0 heterocycles. The van der Waals surface area contributed by atoms with E-state index in [0.29, 0.717) is 0 Å². The van der Waals surface area contributed by atoms with Crippen molar-refractivity contribution in [2.45, 2.75) is 33.1 Å². The van der Waals surface area contributed by atoms with Gasteiger partial charge in [-0.15, -0.1) is 23.2 Å². The highest BCUT2D eigenvalue weighted by Crippen LogP contribution is 2.29. The summed E-state index contributed by atoms with van der Waals surface area (Å²) in [6.45, 7) is 1.16. The molecule has 0 radical (unpaired) electrons. The molecule has 0 fully saturated rings. The van der Waals surface area contributed by atoms with Crippen molar-refractivity contribution in [2.24, 2.45) is 0 Å². The minimum atomic E-state index is -3.96. The second-order valence-electron chi connectivity index (χ2n) is 11.9. The topological polar surface area (TPSA) is 237 Å². The summed E-state index contributed by atoms with van der Waals surface area (Å²) >= 11 is 9.53. The van der Waals surface area contributed by atoms with Crippen LogP contribution in [0.15, 0.2) is 136 Å². The lowest BCUT2D eigenvalue weighted by atomic mass is 10.2. The zero-order valence-corrected chi connectivity index (χ0v) is 35.1. The van der Waals surface area contributed by atoms with Gasteiger partial charge in [0.05, 0.1) is 48.0 Å². The lowest BCUT2D eigenvalue weighted by molar-refractivity contribution is -0.385. The number of ether oxygens (including phenoxy) is 2. The number of aryl methyl sites for hydroxylation is 1. The predicted octanol–water partition coefficient (Wildman–Crippen LogP) is 7.02. The summed E-state index contributed by atoms with van der Waals surface area (Å²) in [5.74, 6) is -0.690. The third-order valence-corrected chi connectivity index (χ3v) is 12.3. The largest absolute Gasteiger partial charge is 0.491 e. The van der Waals surface area contributed by atoms with E-state index in [1.165, 1.54) is 66.7 Å². The molecule has 0 spiro atoms. The van der Waals surface area contributed by atoms with Crippen molar-refractivity contribution in [1.29, 1.82) is 0 Å². The van der Waals surface area contributed by atoms with Gasteiger partial charge in [-0.3, -0.25) is 24.4 Å². The van der Waals surface area contributed by atoms with Crippen LogP contribution in [0.25, 0.3) is 0 Å². The molecular formula is C38H38Cl2N2O14S3. The number of nitro benzene ring substituents is 2. The van der Waals surface area contributed by atoms with Crippen LogP contribution in [-0.2, 0) is 45.5 Å². The number of nitrogens with zero attached hydrogens (tertiary/aromatic N) is 2.